The highest BCUT2D eigenvalue weighted by atomic mass is 32.1. The van der Waals surface area contributed by atoms with Gasteiger partial charge in [-0.2, -0.15) is 12.6 Å². The van der Waals surface area contributed by atoms with E-state index in [9.17, 15) is 0 Å². The molecule has 0 unspecified atom stereocenters. The molecule has 2 nitrogen and oxygen atoms in total. The predicted octanol–water partition coefficient (Wildman–Crippen LogP) is 3.87. The van der Waals surface area contributed by atoms with Crippen LogP contribution >= 0.6 is 12.6 Å². The van der Waals surface area contributed by atoms with Gasteiger partial charge in [-0.15, -0.1) is 0 Å². The fraction of sp³-hybridized carbons (Fsp3) is 0.238. The zero-order valence-corrected chi connectivity index (χ0v) is 15.6. The van der Waals surface area contributed by atoms with Gasteiger partial charge in [0.2, 0.25) is 0 Å². The van der Waals surface area contributed by atoms with Gasteiger partial charge in [0.15, 0.2) is 0 Å². The first kappa shape index (κ1) is 18.4. The maximum absolute atomic E-state index is 4.31. The topological polar surface area (TPSA) is 19.9 Å². The molecule has 0 aromatic heterocycles. The molecule has 2 aromatic rings. The summed E-state index contributed by atoms with van der Waals surface area (Å²) in [5, 5.41) is 4.57. The van der Waals surface area contributed by atoms with Gasteiger partial charge in [-0.1, -0.05) is 36.4 Å². The lowest BCUT2D eigenvalue weighted by Crippen LogP contribution is -2.72. The largest absolute Gasteiger partial charge is 0.374 e. The molecule has 126 valence electrons. The van der Waals surface area contributed by atoms with Gasteiger partial charge in [0.05, 0.1) is 13.2 Å². The van der Waals surface area contributed by atoms with E-state index in [4.69, 9.17) is 0 Å². The maximum atomic E-state index is 4.31. The van der Waals surface area contributed by atoms with E-state index in [0.29, 0.717) is 0 Å². The van der Waals surface area contributed by atoms with Crippen LogP contribution in [0, 0.1) is 0 Å². The van der Waals surface area contributed by atoms with Crippen molar-refractivity contribution in [1.82, 2.24) is 0 Å². The van der Waals surface area contributed by atoms with Crippen LogP contribution in [0.3, 0.4) is 0 Å². The second kappa shape index (κ2) is 9.36. The molecule has 0 bridgehead atoms. The van der Waals surface area contributed by atoms with Crippen molar-refractivity contribution < 1.29 is 5.32 Å². The van der Waals surface area contributed by atoms with E-state index in [1.807, 2.05) is 12.4 Å². The molecule has 24 heavy (non-hydrogen) atoms. The molecule has 2 rings (SSSR count). The van der Waals surface area contributed by atoms with Crippen LogP contribution in [-0.4, -0.2) is 26.4 Å². The van der Waals surface area contributed by atoms with E-state index < -0.39 is 0 Å². The average Bonchev–Trinajstić information content (AvgIpc) is 2.61. The lowest BCUT2D eigenvalue weighted by molar-refractivity contribution is -0.556. The molecule has 0 heterocycles. The van der Waals surface area contributed by atoms with Crippen LogP contribution in [0.15, 0.2) is 66.4 Å². The van der Waals surface area contributed by atoms with E-state index in [0.717, 1.165) is 12.3 Å². The number of anilines is 1. The summed E-state index contributed by atoms with van der Waals surface area (Å²) in [6.07, 6.45) is 10.6. The molecule has 0 radical (unpaired) electrons. The van der Waals surface area contributed by atoms with E-state index >= 15 is 0 Å². The van der Waals surface area contributed by atoms with Gasteiger partial charge in [0.1, 0.15) is 0 Å². The summed E-state index contributed by atoms with van der Waals surface area (Å²) >= 11 is 4.31. The van der Waals surface area contributed by atoms with Crippen LogP contribution in [0.2, 0.25) is 0 Å². The molecular formula is C21H27N2S+. The van der Waals surface area contributed by atoms with Crippen LogP contribution in [0.1, 0.15) is 12.5 Å². The Kier molecular flexibility index (Phi) is 7.16. The third-order valence-electron chi connectivity index (χ3n) is 4.01. The van der Waals surface area contributed by atoms with Gasteiger partial charge < -0.3 is 10.2 Å². The Morgan fingerprint density at radius 1 is 1.12 bits per heavy atom. The first-order chi connectivity index (χ1) is 11.7. The van der Waals surface area contributed by atoms with E-state index in [1.165, 1.54) is 27.6 Å². The van der Waals surface area contributed by atoms with Crippen molar-refractivity contribution in [2.24, 2.45) is 0 Å². The van der Waals surface area contributed by atoms with Crippen molar-refractivity contribution >= 4 is 35.2 Å². The zero-order valence-electron chi connectivity index (χ0n) is 14.7. The van der Waals surface area contributed by atoms with Crippen LogP contribution in [0.25, 0.3) is 16.8 Å². The molecule has 0 saturated carbocycles. The smallest absolute Gasteiger partial charge is 0.0929 e. The summed E-state index contributed by atoms with van der Waals surface area (Å²) in [5.41, 5.74) is 3.65. The fourth-order valence-electron chi connectivity index (χ4n) is 2.52. The Morgan fingerprint density at radius 3 is 2.58 bits per heavy atom. The minimum Gasteiger partial charge on any atom is -0.374 e. The Morgan fingerprint density at radius 2 is 1.88 bits per heavy atom. The first-order valence-electron chi connectivity index (χ1n) is 8.34. The maximum Gasteiger partial charge on any atom is 0.0929 e. The second-order valence-electron chi connectivity index (χ2n) is 5.75. The van der Waals surface area contributed by atoms with Crippen molar-refractivity contribution in [2.45, 2.75) is 6.92 Å². The normalized spacial score (nSPS) is 12.6. The summed E-state index contributed by atoms with van der Waals surface area (Å²) in [4.78, 5) is 2.23. The molecule has 0 amide bonds. The number of hydrogen-bond acceptors (Lipinski definition) is 2. The number of nitrogens with two attached hydrogens (primary N) is 1. The lowest BCUT2D eigenvalue weighted by atomic mass is 10.0. The third kappa shape index (κ3) is 5.02. The molecule has 0 fully saturated rings. The van der Waals surface area contributed by atoms with Crippen LogP contribution in [0.4, 0.5) is 5.69 Å². The Labute approximate surface area is 151 Å². The molecule has 0 aliphatic carbocycles. The first-order valence-corrected chi connectivity index (χ1v) is 8.97. The molecule has 2 aromatic carbocycles. The SMILES string of the molecule is C/C=C(\C=C/[NH2+]C)/C=C/c1ccc2cc(N(C)CCS)ccc2c1. The fourth-order valence-corrected chi connectivity index (χ4v) is 2.82. The highest BCUT2D eigenvalue weighted by molar-refractivity contribution is 7.80. The number of fused-ring (bicyclic) bond motifs is 1. The van der Waals surface area contributed by atoms with Crippen LogP contribution < -0.4 is 10.2 Å². The minimum atomic E-state index is 0.857. The highest BCUT2D eigenvalue weighted by Crippen LogP contribution is 2.23. The minimum absolute atomic E-state index is 0.857. The third-order valence-corrected chi connectivity index (χ3v) is 4.21. The van der Waals surface area contributed by atoms with Gasteiger partial charge >= 0.3 is 0 Å². The average molecular weight is 340 g/mol. The number of allylic oxidation sites excluding steroid dienone is 4. The zero-order chi connectivity index (χ0) is 17.4. The molecule has 0 atom stereocenters. The van der Waals surface area contributed by atoms with Gasteiger partial charge in [-0.3, -0.25) is 0 Å². The van der Waals surface area contributed by atoms with E-state index in [1.54, 1.807) is 0 Å². The molecule has 0 aliphatic heterocycles. The van der Waals surface area contributed by atoms with Crippen molar-refractivity contribution in [3.8, 4) is 0 Å². The summed E-state index contributed by atoms with van der Waals surface area (Å²) in [7, 11) is 4.13. The number of thiol groups is 1. The Balaban J connectivity index is 2.22. The standard InChI is InChI=1S/C21H26N2S/c1-4-17(11-12-22-2)5-6-18-7-8-20-16-21(23(3)13-14-24)10-9-19(20)15-18/h4-12,15-16,22,24H,13-14H2,1-3H3/p+1/b6-5+,12-11-,17-4-. The highest BCUT2D eigenvalue weighted by Gasteiger charge is 2.02. The van der Waals surface area contributed by atoms with Crippen LogP contribution in [0.5, 0.6) is 0 Å². The van der Waals surface area contributed by atoms with Crippen molar-refractivity contribution in [3.63, 3.8) is 0 Å². The number of benzene rings is 2. The number of quaternary nitrogens is 1. The molecule has 3 heteroatoms. The van der Waals surface area contributed by atoms with E-state index in [2.05, 4.69) is 98.4 Å². The van der Waals surface area contributed by atoms with Gasteiger partial charge in [-0.25, -0.2) is 0 Å². The summed E-state index contributed by atoms with van der Waals surface area (Å²) in [5.74, 6) is 0.857. The Hall–Kier alpha value is -1.97. The summed E-state index contributed by atoms with van der Waals surface area (Å²) < 4.78 is 0. The van der Waals surface area contributed by atoms with Crippen molar-refractivity contribution in [2.75, 3.05) is 31.3 Å². The molecular weight excluding hydrogens is 312 g/mol. The van der Waals surface area contributed by atoms with Gasteiger partial charge in [0, 0.05) is 25.0 Å². The predicted molar refractivity (Wildman–Crippen MR) is 111 cm³/mol. The molecule has 0 saturated heterocycles. The monoisotopic (exact) mass is 339 g/mol. The molecule has 0 spiro atoms. The van der Waals surface area contributed by atoms with E-state index in [-0.39, 0.29) is 0 Å². The summed E-state index contributed by atoms with van der Waals surface area (Å²) in [6, 6.07) is 13.2. The number of nitrogens with zero attached hydrogens (tertiary/aromatic N) is 1. The van der Waals surface area contributed by atoms with Crippen molar-refractivity contribution in [3.05, 3.63) is 72.0 Å². The summed E-state index contributed by atoms with van der Waals surface area (Å²) in [6.45, 7) is 3.01. The quantitative estimate of drug-likeness (QED) is 0.579. The second-order valence-corrected chi connectivity index (χ2v) is 6.20. The lowest BCUT2D eigenvalue weighted by Gasteiger charge is -2.18. The number of rotatable bonds is 7. The molecule has 2 N–H and O–H groups in total. The van der Waals surface area contributed by atoms with Gasteiger partial charge in [-0.05, 0) is 53.1 Å². The molecule has 0 aliphatic rings. The van der Waals surface area contributed by atoms with Gasteiger partial charge in [0.25, 0.3) is 0 Å². The Bertz CT molecular complexity index is 760. The van der Waals surface area contributed by atoms with Crippen LogP contribution in [-0.2, 0) is 0 Å². The number of hydrogen-bond donors (Lipinski definition) is 2. The van der Waals surface area contributed by atoms with Crippen molar-refractivity contribution in [1.29, 1.82) is 0 Å².